The van der Waals surface area contributed by atoms with E-state index in [1.165, 1.54) is 11.1 Å². The van der Waals surface area contributed by atoms with Crippen LogP contribution in [0, 0.1) is 0 Å². The van der Waals surface area contributed by atoms with Crippen molar-refractivity contribution in [2.75, 3.05) is 58.0 Å². The van der Waals surface area contributed by atoms with Crippen molar-refractivity contribution in [2.24, 2.45) is 0 Å². The fraction of sp³-hybridized carbons (Fsp3) is 0.500. The Balaban J connectivity index is 1.31. The summed E-state index contributed by atoms with van der Waals surface area (Å²) in [5.74, 6) is 1.82. The first kappa shape index (κ1) is 20.3. The van der Waals surface area contributed by atoms with E-state index in [2.05, 4.69) is 22.0 Å². The SMILES string of the molecule is COc1ccc2c(c1)CCOC21CCN(c2cc(C(=O)N3CCOCC3)ccn2)CC1. The molecule has 1 spiro atoms. The van der Waals surface area contributed by atoms with Gasteiger partial charge in [-0.15, -0.1) is 0 Å². The van der Waals surface area contributed by atoms with Crippen molar-refractivity contribution in [2.45, 2.75) is 24.9 Å². The van der Waals surface area contributed by atoms with Gasteiger partial charge in [0, 0.05) is 37.9 Å². The molecule has 1 aromatic carbocycles. The van der Waals surface area contributed by atoms with E-state index in [1.54, 1.807) is 19.4 Å². The average Bonchev–Trinajstić information content (AvgIpc) is 2.84. The molecule has 1 aromatic heterocycles. The van der Waals surface area contributed by atoms with E-state index in [9.17, 15) is 4.79 Å². The summed E-state index contributed by atoms with van der Waals surface area (Å²) in [5, 5.41) is 0. The first-order valence-electron chi connectivity index (χ1n) is 11.1. The number of hydrogen-bond acceptors (Lipinski definition) is 6. The summed E-state index contributed by atoms with van der Waals surface area (Å²) in [7, 11) is 1.71. The maximum Gasteiger partial charge on any atom is 0.254 e. The van der Waals surface area contributed by atoms with Crippen LogP contribution in [0.5, 0.6) is 5.75 Å². The molecule has 7 nitrogen and oxygen atoms in total. The third kappa shape index (κ3) is 3.88. The third-order valence-electron chi connectivity index (χ3n) is 6.74. The molecule has 2 fully saturated rings. The first-order valence-corrected chi connectivity index (χ1v) is 11.1. The van der Waals surface area contributed by atoms with Crippen LogP contribution in [0.15, 0.2) is 36.5 Å². The lowest BCUT2D eigenvalue weighted by Gasteiger charge is -2.45. The van der Waals surface area contributed by atoms with Gasteiger partial charge in [-0.2, -0.15) is 0 Å². The Hall–Kier alpha value is -2.64. The maximum atomic E-state index is 12.9. The Labute approximate surface area is 182 Å². The van der Waals surface area contributed by atoms with Gasteiger partial charge in [-0.1, -0.05) is 6.07 Å². The molecule has 0 radical (unpaired) electrons. The van der Waals surface area contributed by atoms with Gasteiger partial charge < -0.3 is 24.0 Å². The van der Waals surface area contributed by atoms with Gasteiger partial charge >= 0.3 is 0 Å². The first-order chi connectivity index (χ1) is 15.2. The summed E-state index contributed by atoms with van der Waals surface area (Å²) in [4.78, 5) is 21.5. The Morgan fingerprint density at radius 1 is 1.06 bits per heavy atom. The molecule has 0 N–H and O–H groups in total. The summed E-state index contributed by atoms with van der Waals surface area (Å²) >= 11 is 0. The molecular weight excluding hydrogens is 394 g/mol. The van der Waals surface area contributed by atoms with Crippen LogP contribution in [0.25, 0.3) is 0 Å². The number of nitrogens with zero attached hydrogens (tertiary/aromatic N) is 3. The molecule has 1 amide bonds. The quantitative estimate of drug-likeness (QED) is 0.756. The van der Waals surface area contributed by atoms with Crippen molar-refractivity contribution in [1.29, 1.82) is 0 Å². The second-order valence-electron chi connectivity index (χ2n) is 8.41. The number of methoxy groups -OCH3 is 1. The van der Waals surface area contributed by atoms with Crippen LogP contribution in [0.3, 0.4) is 0 Å². The minimum absolute atomic E-state index is 0.0546. The van der Waals surface area contributed by atoms with Crippen LogP contribution in [0.1, 0.15) is 34.3 Å². The Bertz CT molecular complexity index is 950. The maximum absolute atomic E-state index is 12.9. The van der Waals surface area contributed by atoms with E-state index >= 15 is 0 Å². The highest BCUT2D eigenvalue weighted by Gasteiger charge is 2.41. The minimum Gasteiger partial charge on any atom is -0.497 e. The molecule has 4 heterocycles. The number of rotatable bonds is 3. The van der Waals surface area contributed by atoms with Crippen molar-refractivity contribution >= 4 is 11.7 Å². The number of fused-ring (bicyclic) bond motifs is 2. The van der Waals surface area contributed by atoms with Crippen LogP contribution >= 0.6 is 0 Å². The molecule has 164 valence electrons. The molecule has 2 saturated heterocycles. The standard InChI is InChI=1S/C24H29N3O4/c1-29-20-2-3-21-18(16-20)5-13-31-24(21)6-9-26(10-7-24)22-17-19(4-8-25-22)23(28)27-11-14-30-15-12-27/h2-4,8,16-17H,5-7,9-15H2,1H3. The number of morpholine rings is 1. The molecule has 7 heteroatoms. The molecule has 0 bridgehead atoms. The minimum atomic E-state index is -0.239. The summed E-state index contributed by atoms with van der Waals surface area (Å²) in [6, 6.07) is 10.1. The van der Waals surface area contributed by atoms with Crippen molar-refractivity contribution in [1.82, 2.24) is 9.88 Å². The smallest absolute Gasteiger partial charge is 0.254 e. The van der Waals surface area contributed by atoms with Gasteiger partial charge in [-0.05, 0) is 54.7 Å². The van der Waals surface area contributed by atoms with E-state index in [1.807, 2.05) is 17.0 Å². The van der Waals surface area contributed by atoms with Crippen molar-refractivity contribution < 1.29 is 19.0 Å². The lowest BCUT2D eigenvalue weighted by Crippen LogP contribution is -2.47. The molecule has 0 atom stereocenters. The summed E-state index contributed by atoms with van der Waals surface area (Å²) < 4.78 is 17.1. The number of aromatic nitrogens is 1. The molecule has 3 aliphatic heterocycles. The summed E-state index contributed by atoms with van der Waals surface area (Å²) in [6.45, 7) is 4.91. The normalized spacial score (nSPS) is 20.4. The molecule has 31 heavy (non-hydrogen) atoms. The number of pyridine rings is 1. The monoisotopic (exact) mass is 423 g/mol. The van der Waals surface area contributed by atoms with Gasteiger partial charge in [0.05, 0.1) is 32.5 Å². The fourth-order valence-corrected chi connectivity index (χ4v) is 4.97. The lowest BCUT2D eigenvalue weighted by atomic mass is 9.79. The zero-order valence-electron chi connectivity index (χ0n) is 18.0. The van der Waals surface area contributed by atoms with Crippen molar-refractivity contribution in [3.05, 3.63) is 53.2 Å². The predicted molar refractivity (Wildman–Crippen MR) is 117 cm³/mol. The number of carbonyl (C=O) groups excluding carboxylic acids is 1. The zero-order chi connectivity index (χ0) is 21.3. The molecule has 5 rings (SSSR count). The number of amides is 1. The molecule has 3 aliphatic rings. The fourth-order valence-electron chi connectivity index (χ4n) is 4.97. The average molecular weight is 424 g/mol. The number of anilines is 1. The second-order valence-corrected chi connectivity index (χ2v) is 8.41. The topological polar surface area (TPSA) is 64.1 Å². The third-order valence-corrected chi connectivity index (χ3v) is 6.74. The van der Waals surface area contributed by atoms with Crippen LogP contribution in [0.2, 0.25) is 0 Å². The Kier molecular flexibility index (Phi) is 5.54. The van der Waals surface area contributed by atoms with Gasteiger partial charge in [-0.3, -0.25) is 4.79 Å². The number of piperidine rings is 1. The van der Waals surface area contributed by atoms with Gasteiger partial charge in [0.2, 0.25) is 0 Å². The molecule has 0 aliphatic carbocycles. The second kappa shape index (κ2) is 8.48. The van der Waals surface area contributed by atoms with Gasteiger partial charge in [0.15, 0.2) is 0 Å². The predicted octanol–water partition coefficient (Wildman–Crippen LogP) is 2.63. The molecular formula is C24H29N3O4. The van der Waals surface area contributed by atoms with E-state index in [0.717, 1.165) is 50.5 Å². The number of benzene rings is 1. The van der Waals surface area contributed by atoms with Crippen molar-refractivity contribution in [3.63, 3.8) is 0 Å². The highest BCUT2D eigenvalue weighted by molar-refractivity contribution is 5.95. The highest BCUT2D eigenvalue weighted by Crippen LogP contribution is 2.43. The number of ether oxygens (including phenoxy) is 3. The zero-order valence-corrected chi connectivity index (χ0v) is 18.0. The van der Waals surface area contributed by atoms with Crippen LogP contribution in [0.4, 0.5) is 5.82 Å². The van der Waals surface area contributed by atoms with E-state index in [0.29, 0.717) is 31.9 Å². The highest BCUT2D eigenvalue weighted by atomic mass is 16.5. The van der Waals surface area contributed by atoms with Gasteiger partial charge in [-0.25, -0.2) is 4.98 Å². The lowest BCUT2D eigenvalue weighted by molar-refractivity contribution is -0.0767. The van der Waals surface area contributed by atoms with Crippen molar-refractivity contribution in [3.8, 4) is 5.75 Å². The van der Waals surface area contributed by atoms with E-state index in [-0.39, 0.29) is 11.5 Å². The molecule has 0 saturated carbocycles. The van der Waals surface area contributed by atoms with Gasteiger partial charge in [0.1, 0.15) is 11.6 Å². The molecule has 2 aromatic rings. The van der Waals surface area contributed by atoms with Crippen LogP contribution in [-0.2, 0) is 21.5 Å². The largest absolute Gasteiger partial charge is 0.497 e. The van der Waals surface area contributed by atoms with Crippen LogP contribution in [-0.4, -0.2) is 68.9 Å². The van der Waals surface area contributed by atoms with Gasteiger partial charge in [0.25, 0.3) is 5.91 Å². The van der Waals surface area contributed by atoms with E-state index < -0.39 is 0 Å². The Morgan fingerprint density at radius 2 is 1.87 bits per heavy atom. The number of hydrogen-bond donors (Lipinski definition) is 0. The van der Waals surface area contributed by atoms with E-state index in [4.69, 9.17) is 14.2 Å². The molecule has 0 unspecified atom stereocenters. The van der Waals surface area contributed by atoms with Crippen LogP contribution < -0.4 is 9.64 Å². The Morgan fingerprint density at radius 3 is 2.65 bits per heavy atom. The summed E-state index contributed by atoms with van der Waals surface area (Å²) in [5.41, 5.74) is 3.08. The summed E-state index contributed by atoms with van der Waals surface area (Å²) in [6.07, 6.45) is 4.46. The number of carbonyl (C=O) groups is 1.